The maximum Gasteiger partial charge on any atom is 0.411 e. The van der Waals surface area contributed by atoms with E-state index in [-0.39, 0.29) is 34.2 Å². The van der Waals surface area contributed by atoms with Gasteiger partial charge in [-0.1, -0.05) is 27.5 Å². The average molecular weight is 498 g/mol. The van der Waals surface area contributed by atoms with Gasteiger partial charge in [0.05, 0.1) is 11.6 Å². The summed E-state index contributed by atoms with van der Waals surface area (Å²) in [6.07, 6.45) is 1.77. The molecule has 30 heavy (non-hydrogen) atoms. The molecule has 5 rings (SSSR count). The van der Waals surface area contributed by atoms with Crippen LogP contribution in [0.1, 0.15) is 19.3 Å². The summed E-state index contributed by atoms with van der Waals surface area (Å²) in [6.45, 7) is 0.107. The molecule has 158 valence electrons. The maximum atomic E-state index is 13.4. The van der Waals surface area contributed by atoms with Crippen molar-refractivity contribution >= 4 is 45.2 Å². The number of rotatable bonds is 7. The highest BCUT2D eigenvalue weighted by Gasteiger charge is 2.68. The van der Waals surface area contributed by atoms with Gasteiger partial charge >= 0.3 is 6.09 Å². The van der Waals surface area contributed by atoms with Crippen molar-refractivity contribution in [1.29, 1.82) is 0 Å². The molecule has 2 N–H and O–H groups in total. The first-order valence-electron chi connectivity index (χ1n) is 9.35. The van der Waals surface area contributed by atoms with Crippen molar-refractivity contribution in [2.75, 3.05) is 18.5 Å². The third-order valence-electron chi connectivity index (χ3n) is 5.41. The number of amides is 2. The highest BCUT2D eigenvalue weighted by molar-refractivity contribution is 9.10. The van der Waals surface area contributed by atoms with Crippen molar-refractivity contribution in [2.45, 2.75) is 24.8 Å². The molecule has 0 saturated heterocycles. The minimum atomic E-state index is -0.597. The number of anilines is 1. The molecule has 3 fully saturated rings. The smallest absolute Gasteiger partial charge is 0.411 e. The molecule has 2 aromatic rings. The molecule has 2 amide bonds. The Bertz CT molecular complexity index is 966. The monoisotopic (exact) mass is 496 g/mol. The van der Waals surface area contributed by atoms with Crippen LogP contribution in [0.2, 0.25) is 5.02 Å². The molecular weight excluding hydrogens is 479 g/mol. The molecule has 0 aromatic heterocycles. The van der Waals surface area contributed by atoms with Crippen molar-refractivity contribution in [3.63, 3.8) is 0 Å². The summed E-state index contributed by atoms with van der Waals surface area (Å²) in [7, 11) is 0. The standard InChI is InChI=1S/C21H19BrClFN2O4/c22-13-1-3-14(4-2-13)25-19(28)30-12-20-9-21(10-20,11-20)26-18(27)8-29-15-5-6-16(23)17(24)7-15/h1-7H,8-12H2,(H,25,28)(H,26,27). The van der Waals surface area contributed by atoms with Gasteiger partial charge in [0.15, 0.2) is 6.61 Å². The predicted molar refractivity (Wildman–Crippen MR) is 113 cm³/mol. The zero-order chi connectivity index (χ0) is 21.4. The number of nitrogens with one attached hydrogen (secondary N) is 2. The van der Waals surface area contributed by atoms with Crippen LogP contribution in [0.3, 0.4) is 0 Å². The number of carbonyl (C=O) groups excluding carboxylic acids is 2. The van der Waals surface area contributed by atoms with Gasteiger partial charge in [-0.3, -0.25) is 10.1 Å². The molecule has 0 atom stereocenters. The Morgan fingerprint density at radius 2 is 1.83 bits per heavy atom. The summed E-state index contributed by atoms with van der Waals surface area (Å²) in [5.74, 6) is -0.626. The van der Waals surface area contributed by atoms with Crippen LogP contribution in [0.5, 0.6) is 5.75 Å². The Labute approximate surface area is 186 Å². The second kappa shape index (κ2) is 8.07. The molecule has 0 radical (unpaired) electrons. The van der Waals surface area contributed by atoms with Crippen LogP contribution >= 0.6 is 27.5 Å². The van der Waals surface area contributed by atoms with E-state index in [9.17, 15) is 14.0 Å². The number of hydrogen-bond acceptors (Lipinski definition) is 4. The predicted octanol–water partition coefficient (Wildman–Crippen LogP) is 4.91. The lowest BCUT2D eigenvalue weighted by Crippen LogP contribution is -2.76. The van der Waals surface area contributed by atoms with E-state index in [2.05, 4.69) is 26.6 Å². The summed E-state index contributed by atoms with van der Waals surface area (Å²) in [5, 5.41) is 5.65. The van der Waals surface area contributed by atoms with Gasteiger partial charge in [-0.2, -0.15) is 0 Å². The van der Waals surface area contributed by atoms with Crippen LogP contribution in [0.15, 0.2) is 46.9 Å². The second-order valence-corrected chi connectivity index (χ2v) is 9.25. The van der Waals surface area contributed by atoms with Crippen molar-refractivity contribution in [2.24, 2.45) is 5.41 Å². The van der Waals surface area contributed by atoms with E-state index in [0.29, 0.717) is 12.3 Å². The largest absolute Gasteiger partial charge is 0.484 e. The van der Waals surface area contributed by atoms with Gasteiger partial charge in [0.25, 0.3) is 5.91 Å². The fourth-order valence-electron chi connectivity index (χ4n) is 4.24. The Balaban J connectivity index is 1.16. The fraction of sp³-hybridized carbons (Fsp3) is 0.333. The maximum absolute atomic E-state index is 13.4. The molecule has 6 nitrogen and oxygen atoms in total. The summed E-state index contributed by atoms with van der Waals surface area (Å²) in [5.41, 5.74) is 0.340. The van der Waals surface area contributed by atoms with E-state index in [1.54, 1.807) is 12.1 Å². The lowest BCUT2D eigenvalue weighted by atomic mass is 9.39. The Morgan fingerprint density at radius 1 is 1.13 bits per heavy atom. The molecular formula is C21H19BrClFN2O4. The molecule has 2 aromatic carbocycles. The number of benzene rings is 2. The molecule has 3 aliphatic rings. The van der Waals surface area contributed by atoms with Gasteiger partial charge in [-0.25, -0.2) is 9.18 Å². The molecule has 3 saturated carbocycles. The van der Waals surface area contributed by atoms with Crippen LogP contribution in [0, 0.1) is 11.2 Å². The van der Waals surface area contributed by atoms with Crippen LogP contribution < -0.4 is 15.4 Å². The van der Waals surface area contributed by atoms with Gasteiger partial charge in [-0.15, -0.1) is 0 Å². The van der Waals surface area contributed by atoms with Crippen LogP contribution in [-0.4, -0.2) is 30.8 Å². The Kier molecular flexibility index (Phi) is 5.63. The molecule has 0 heterocycles. The van der Waals surface area contributed by atoms with Crippen LogP contribution in [-0.2, 0) is 9.53 Å². The van der Waals surface area contributed by atoms with Gasteiger partial charge in [0.1, 0.15) is 11.6 Å². The van der Waals surface area contributed by atoms with Gasteiger partial charge in [-0.05, 0) is 55.7 Å². The van der Waals surface area contributed by atoms with E-state index in [4.69, 9.17) is 21.1 Å². The first kappa shape index (κ1) is 20.9. The van der Waals surface area contributed by atoms with Gasteiger partial charge in [0, 0.05) is 27.2 Å². The summed E-state index contributed by atoms with van der Waals surface area (Å²) in [6, 6.07) is 11.2. The first-order valence-corrected chi connectivity index (χ1v) is 10.5. The molecule has 0 aliphatic heterocycles. The summed E-state index contributed by atoms with van der Waals surface area (Å²) in [4.78, 5) is 24.1. The average Bonchev–Trinajstić information content (AvgIpc) is 2.65. The normalized spacial score (nSPS) is 23.6. The lowest BCUT2D eigenvalue weighted by Gasteiger charge is -2.70. The quantitative estimate of drug-likeness (QED) is 0.570. The minimum absolute atomic E-state index is 0.00120. The number of hydrogen-bond donors (Lipinski definition) is 2. The molecule has 2 bridgehead atoms. The van der Waals surface area contributed by atoms with Crippen LogP contribution in [0.4, 0.5) is 14.9 Å². The second-order valence-electron chi connectivity index (χ2n) is 7.93. The lowest BCUT2D eigenvalue weighted by molar-refractivity contribution is -0.183. The van der Waals surface area contributed by atoms with E-state index in [0.717, 1.165) is 29.8 Å². The minimum Gasteiger partial charge on any atom is -0.484 e. The zero-order valence-corrected chi connectivity index (χ0v) is 18.2. The van der Waals surface area contributed by atoms with Crippen molar-refractivity contribution in [1.82, 2.24) is 5.32 Å². The molecule has 0 spiro atoms. The van der Waals surface area contributed by atoms with Crippen molar-refractivity contribution in [3.05, 3.63) is 57.8 Å². The number of ether oxygens (including phenoxy) is 2. The number of carbonyl (C=O) groups is 2. The molecule has 9 heteroatoms. The van der Waals surface area contributed by atoms with Crippen LogP contribution in [0.25, 0.3) is 0 Å². The fourth-order valence-corrected chi connectivity index (χ4v) is 4.62. The molecule has 0 unspecified atom stereocenters. The van der Waals surface area contributed by atoms with Crippen molar-refractivity contribution in [3.8, 4) is 5.75 Å². The Hall–Kier alpha value is -2.32. The Morgan fingerprint density at radius 3 is 2.50 bits per heavy atom. The zero-order valence-electron chi connectivity index (χ0n) is 15.8. The van der Waals surface area contributed by atoms with Crippen molar-refractivity contribution < 1.29 is 23.5 Å². The topological polar surface area (TPSA) is 76.7 Å². The van der Waals surface area contributed by atoms with E-state index < -0.39 is 11.9 Å². The summed E-state index contributed by atoms with van der Waals surface area (Å²) < 4.78 is 25.0. The first-order chi connectivity index (χ1) is 14.3. The van der Waals surface area contributed by atoms with Gasteiger partial charge < -0.3 is 14.8 Å². The highest BCUT2D eigenvalue weighted by Crippen LogP contribution is 2.67. The van der Waals surface area contributed by atoms with E-state index in [1.165, 1.54) is 12.1 Å². The molecule has 3 aliphatic carbocycles. The highest BCUT2D eigenvalue weighted by atomic mass is 79.9. The SMILES string of the molecule is O=C(COc1ccc(Cl)c(F)c1)NC12CC(COC(=O)Nc3ccc(Br)cc3)(C1)C2. The third-order valence-corrected chi connectivity index (χ3v) is 6.24. The third kappa shape index (κ3) is 4.54. The van der Waals surface area contributed by atoms with E-state index in [1.807, 2.05) is 12.1 Å². The van der Waals surface area contributed by atoms with E-state index >= 15 is 0 Å². The summed E-state index contributed by atoms with van der Waals surface area (Å²) >= 11 is 8.96. The van der Waals surface area contributed by atoms with Gasteiger partial charge in [0.2, 0.25) is 0 Å². The number of halogens is 3.